The molecule has 2 atom stereocenters. The van der Waals surface area contributed by atoms with Crippen molar-refractivity contribution < 1.29 is 37.0 Å². The summed E-state index contributed by atoms with van der Waals surface area (Å²) in [7, 11) is 5.09. The Morgan fingerprint density at radius 1 is 1.21 bits per heavy atom. The molecule has 1 heterocycles. The van der Waals surface area contributed by atoms with Crippen molar-refractivity contribution in [1.82, 2.24) is 10.2 Å². The van der Waals surface area contributed by atoms with Crippen molar-refractivity contribution in [3.8, 4) is 0 Å². The first-order valence-corrected chi connectivity index (χ1v) is 14.4. The maximum Gasteiger partial charge on any atom is 0.292 e. The van der Waals surface area contributed by atoms with Crippen LogP contribution in [0, 0.1) is 5.82 Å². The summed E-state index contributed by atoms with van der Waals surface area (Å²) in [6.07, 6.45) is 0.972. The van der Waals surface area contributed by atoms with Crippen molar-refractivity contribution in [2.24, 2.45) is 0 Å². The maximum atomic E-state index is 13.6. The minimum absolute atomic E-state index is 0.370. The summed E-state index contributed by atoms with van der Waals surface area (Å²) in [4.78, 5) is 33.7. The van der Waals surface area contributed by atoms with Crippen molar-refractivity contribution in [3.05, 3.63) is 64.9 Å². The number of carbonyl (C=O) groups is 3. The molecule has 1 N–H and O–H groups in total. The van der Waals surface area contributed by atoms with Crippen molar-refractivity contribution in [1.29, 1.82) is 0 Å². The molecule has 4 rings (SSSR count). The summed E-state index contributed by atoms with van der Waals surface area (Å²) < 4.78 is 49.0. The maximum absolute atomic E-state index is 13.6. The number of halogens is 4. The Hall–Kier alpha value is -3.15. The number of ether oxygens (including phenoxy) is 2. The average Bonchev–Trinajstić information content (AvgIpc) is 3.40. The lowest BCUT2D eigenvalue weighted by Gasteiger charge is -2.37. The SMILES string of the molecule is C=O.CC.CCOC1CCN(C)C1.CN(c1cccc(F)c1)C(C(=O)NC1CC(F)(F)C1)c1ccccc1Cl.COC=O. The van der Waals surface area contributed by atoms with Crippen molar-refractivity contribution in [3.63, 3.8) is 0 Å². The lowest BCUT2D eigenvalue weighted by Crippen LogP contribution is -2.53. The van der Waals surface area contributed by atoms with Crippen LogP contribution in [0.5, 0.6) is 0 Å². The van der Waals surface area contributed by atoms with E-state index in [9.17, 15) is 18.0 Å². The van der Waals surface area contributed by atoms with Gasteiger partial charge >= 0.3 is 0 Å². The van der Waals surface area contributed by atoms with Gasteiger partial charge in [-0.1, -0.05) is 49.7 Å². The Morgan fingerprint density at radius 3 is 2.28 bits per heavy atom. The van der Waals surface area contributed by atoms with E-state index in [0.29, 0.717) is 28.8 Å². The van der Waals surface area contributed by atoms with Gasteiger partial charge in [-0.2, -0.15) is 0 Å². The van der Waals surface area contributed by atoms with Gasteiger partial charge in [0.2, 0.25) is 5.91 Å². The zero-order valence-electron chi connectivity index (χ0n) is 25.8. The molecular formula is C31H45ClF3N3O5. The van der Waals surface area contributed by atoms with Crippen LogP contribution < -0.4 is 10.2 Å². The van der Waals surface area contributed by atoms with Crippen molar-refractivity contribution in [2.45, 2.75) is 64.1 Å². The molecule has 1 aliphatic heterocycles. The number of amides is 1. The average molecular weight is 632 g/mol. The van der Waals surface area contributed by atoms with Crippen LogP contribution in [0.25, 0.3) is 0 Å². The summed E-state index contributed by atoms with van der Waals surface area (Å²) in [5, 5.41) is 3.02. The fourth-order valence-electron chi connectivity index (χ4n) is 4.38. The predicted molar refractivity (Wildman–Crippen MR) is 164 cm³/mol. The van der Waals surface area contributed by atoms with E-state index in [1.807, 2.05) is 20.6 Å². The fourth-order valence-corrected chi connectivity index (χ4v) is 4.62. The van der Waals surface area contributed by atoms with E-state index < -0.39 is 29.7 Å². The molecule has 12 heteroatoms. The number of benzene rings is 2. The van der Waals surface area contributed by atoms with E-state index in [0.717, 1.165) is 13.2 Å². The molecule has 2 unspecified atom stereocenters. The molecule has 0 spiro atoms. The molecule has 242 valence electrons. The Morgan fingerprint density at radius 2 is 1.81 bits per heavy atom. The highest BCUT2D eigenvalue weighted by Crippen LogP contribution is 2.38. The Balaban J connectivity index is 0.000000856. The number of alkyl halides is 2. The van der Waals surface area contributed by atoms with E-state index in [1.165, 1.54) is 38.3 Å². The molecule has 1 amide bonds. The fraction of sp³-hybridized carbons (Fsp3) is 0.516. The summed E-state index contributed by atoms with van der Waals surface area (Å²) in [6.45, 7) is 11.6. The van der Waals surface area contributed by atoms with Crippen LogP contribution >= 0.6 is 11.6 Å². The van der Waals surface area contributed by atoms with Crippen molar-refractivity contribution in [2.75, 3.05) is 45.8 Å². The Kier molecular flexibility index (Phi) is 19.9. The highest BCUT2D eigenvalue weighted by atomic mass is 35.5. The van der Waals surface area contributed by atoms with Gasteiger partial charge in [-0.05, 0) is 44.7 Å². The molecular weight excluding hydrogens is 587 g/mol. The van der Waals surface area contributed by atoms with Crippen LogP contribution in [0.4, 0.5) is 18.9 Å². The first kappa shape index (κ1) is 39.8. The van der Waals surface area contributed by atoms with Gasteiger partial charge in [0.05, 0.1) is 13.2 Å². The van der Waals surface area contributed by atoms with Crippen LogP contribution in [0.3, 0.4) is 0 Å². The zero-order chi connectivity index (χ0) is 33.0. The van der Waals surface area contributed by atoms with E-state index in [2.05, 4.69) is 28.9 Å². The van der Waals surface area contributed by atoms with Gasteiger partial charge in [0, 0.05) is 61.9 Å². The summed E-state index contributed by atoms with van der Waals surface area (Å²) >= 11 is 6.25. The first-order valence-electron chi connectivity index (χ1n) is 14.0. The topological polar surface area (TPSA) is 88.2 Å². The van der Waals surface area contributed by atoms with Crippen LogP contribution in [0.15, 0.2) is 48.5 Å². The van der Waals surface area contributed by atoms with Crippen molar-refractivity contribution >= 4 is 36.5 Å². The van der Waals surface area contributed by atoms with E-state index in [-0.39, 0.29) is 12.8 Å². The third-order valence-corrected chi connectivity index (χ3v) is 6.68. The second kappa shape index (κ2) is 21.5. The van der Waals surface area contributed by atoms with Crippen LogP contribution in [-0.2, 0) is 23.9 Å². The molecule has 1 saturated carbocycles. The number of likely N-dealkylation sites (N-methyl/N-ethyl adjacent to an activating group) is 2. The van der Waals surface area contributed by atoms with E-state index >= 15 is 0 Å². The number of likely N-dealkylation sites (tertiary alicyclic amines) is 1. The predicted octanol–water partition coefficient (Wildman–Crippen LogP) is 5.93. The van der Waals surface area contributed by atoms with Crippen LogP contribution in [-0.4, -0.2) is 83.0 Å². The van der Waals surface area contributed by atoms with Gasteiger partial charge in [0.25, 0.3) is 12.4 Å². The standard InChI is InChI=1S/C19H18ClF3N2O.C7H15NO.C2H4O2.C2H6.CH2O/c1-25(14-6-4-5-12(21)9-14)17(15-7-2-3-8-16(15)20)18(26)24-13-10-19(22,23)11-13;1-3-9-7-4-5-8(2)6-7;1-4-2-3;2*1-2/h2-9,13,17H,10-11H2,1H3,(H,24,26);7H,3-6H2,1-2H3;2H,1H3;1-2H3;1H2. The minimum Gasteiger partial charge on any atom is -0.471 e. The molecule has 2 aromatic carbocycles. The molecule has 0 bridgehead atoms. The number of nitrogens with zero attached hydrogens (tertiary/aromatic N) is 2. The summed E-state index contributed by atoms with van der Waals surface area (Å²) in [6, 6.07) is 11.2. The second-order valence-corrected chi connectivity index (χ2v) is 9.85. The number of hydrogen-bond acceptors (Lipinski definition) is 7. The van der Waals surface area contributed by atoms with Crippen LogP contribution in [0.1, 0.15) is 51.6 Å². The monoisotopic (exact) mass is 631 g/mol. The highest BCUT2D eigenvalue weighted by molar-refractivity contribution is 6.31. The third-order valence-electron chi connectivity index (χ3n) is 6.33. The number of rotatable bonds is 8. The molecule has 2 fully saturated rings. The smallest absolute Gasteiger partial charge is 0.292 e. The second-order valence-electron chi connectivity index (χ2n) is 9.44. The normalized spacial score (nSPS) is 17.3. The lowest BCUT2D eigenvalue weighted by molar-refractivity contribution is -0.130. The number of nitrogens with one attached hydrogen (secondary N) is 1. The third kappa shape index (κ3) is 14.2. The molecule has 8 nitrogen and oxygen atoms in total. The van der Waals surface area contributed by atoms with Gasteiger partial charge < -0.3 is 29.4 Å². The quantitative estimate of drug-likeness (QED) is 0.362. The summed E-state index contributed by atoms with van der Waals surface area (Å²) in [5.41, 5.74) is 0.994. The van der Waals surface area contributed by atoms with E-state index in [4.69, 9.17) is 25.9 Å². The van der Waals surface area contributed by atoms with Gasteiger partial charge in [-0.15, -0.1) is 0 Å². The molecule has 1 aliphatic carbocycles. The minimum atomic E-state index is -2.73. The van der Waals surface area contributed by atoms with Crippen LogP contribution in [0.2, 0.25) is 5.02 Å². The van der Waals surface area contributed by atoms with E-state index in [1.54, 1.807) is 42.3 Å². The molecule has 2 aromatic rings. The van der Waals surface area contributed by atoms with Gasteiger partial charge in [0.1, 0.15) is 18.6 Å². The Bertz CT molecular complexity index is 1070. The molecule has 0 aromatic heterocycles. The molecule has 1 saturated heterocycles. The number of methoxy groups -OCH3 is 1. The molecule has 43 heavy (non-hydrogen) atoms. The number of carbonyl (C=O) groups excluding carboxylic acids is 3. The zero-order valence-corrected chi connectivity index (χ0v) is 26.6. The first-order chi connectivity index (χ1) is 20.5. The molecule has 2 aliphatic rings. The molecule has 0 radical (unpaired) electrons. The summed E-state index contributed by atoms with van der Waals surface area (Å²) in [5.74, 6) is -3.62. The largest absolute Gasteiger partial charge is 0.471 e. The lowest BCUT2D eigenvalue weighted by atomic mass is 9.88. The van der Waals surface area contributed by atoms with Gasteiger partial charge in [0.15, 0.2) is 0 Å². The number of hydrogen-bond donors (Lipinski definition) is 1. The number of anilines is 1. The van der Waals surface area contributed by atoms with Gasteiger partial charge in [-0.3, -0.25) is 9.59 Å². The van der Waals surface area contributed by atoms with Gasteiger partial charge in [-0.25, -0.2) is 13.2 Å². The Labute approximate surface area is 258 Å². The highest BCUT2D eigenvalue weighted by Gasteiger charge is 2.46.